The Kier molecular flexibility index (Phi) is 6.11. The van der Waals surface area contributed by atoms with E-state index in [1.54, 1.807) is 19.2 Å². The second kappa shape index (κ2) is 8.78. The minimum Gasteiger partial charge on any atom is -0.497 e. The van der Waals surface area contributed by atoms with E-state index in [1.165, 1.54) is 17.0 Å². The summed E-state index contributed by atoms with van der Waals surface area (Å²) in [5, 5.41) is 3.91. The number of hydrogen-bond donors (Lipinski definition) is 2. The maximum atomic E-state index is 14.0. The van der Waals surface area contributed by atoms with Crippen LogP contribution in [0.3, 0.4) is 0 Å². The fraction of sp³-hybridized carbons (Fsp3) is 0.348. The van der Waals surface area contributed by atoms with Crippen LogP contribution in [-0.2, 0) is 4.79 Å². The Balaban J connectivity index is 1.40. The highest BCUT2D eigenvalue weighted by molar-refractivity contribution is 9.10. The summed E-state index contributed by atoms with van der Waals surface area (Å²) >= 11 is 3.23. The number of carbonyl (C=O) groups is 1. The average Bonchev–Trinajstić information content (AvgIpc) is 3.18. The number of likely N-dealkylation sites (tertiary alicyclic amines) is 1. The van der Waals surface area contributed by atoms with Gasteiger partial charge in [-0.15, -0.1) is 0 Å². The molecule has 0 aliphatic carbocycles. The number of nitrogens with one attached hydrogen (secondary N) is 2. The molecule has 0 radical (unpaired) electrons. The molecule has 7 heteroatoms. The van der Waals surface area contributed by atoms with Crippen molar-refractivity contribution >= 4 is 38.4 Å². The number of methoxy groups -OCH3 is 1. The molecule has 3 aromatic rings. The lowest BCUT2D eigenvalue weighted by molar-refractivity contribution is -0.121. The van der Waals surface area contributed by atoms with E-state index in [9.17, 15) is 9.18 Å². The zero-order valence-corrected chi connectivity index (χ0v) is 18.6. The highest BCUT2D eigenvalue weighted by Crippen LogP contribution is 2.35. The highest BCUT2D eigenvalue weighted by Gasteiger charge is 2.28. The van der Waals surface area contributed by atoms with E-state index in [4.69, 9.17) is 4.74 Å². The number of fused-ring (bicyclic) bond motifs is 1. The van der Waals surface area contributed by atoms with Gasteiger partial charge in [-0.2, -0.15) is 0 Å². The number of halogens is 2. The molecule has 2 N–H and O–H groups in total. The zero-order chi connectivity index (χ0) is 21.3. The summed E-state index contributed by atoms with van der Waals surface area (Å²) in [6.45, 7) is 3.51. The first-order valence-electron chi connectivity index (χ1n) is 10.1. The topological polar surface area (TPSA) is 57.4 Å². The van der Waals surface area contributed by atoms with E-state index in [2.05, 4.69) is 43.4 Å². The van der Waals surface area contributed by atoms with Crippen molar-refractivity contribution < 1.29 is 13.9 Å². The van der Waals surface area contributed by atoms with Crippen molar-refractivity contribution in [2.24, 2.45) is 0 Å². The monoisotopic (exact) mass is 473 g/mol. The lowest BCUT2D eigenvalue weighted by Crippen LogP contribution is -2.45. The van der Waals surface area contributed by atoms with Gasteiger partial charge in [0.05, 0.1) is 18.8 Å². The fourth-order valence-corrected chi connectivity index (χ4v) is 4.51. The van der Waals surface area contributed by atoms with Crippen LogP contribution in [0.4, 0.5) is 10.1 Å². The second-order valence-corrected chi connectivity index (χ2v) is 8.67. The van der Waals surface area contributed by atoms with Crippen molar-refractivity contribution in [3.8, 4) is 5.75 Å². The molecule has 2 aromatic carbocycles. The number of anilines is 1. The van der Waals surface area contributed by atoms with E-state index >= 15 is 0 Å². The maximum absolute atomic E-state index is 14.0. The second-order valence-electron chi connectivity index (χ2n) is 7.76. The Hall–Kier alpha value is -2.38. The summed E-state index contributed by atoms with van der Waals surface area (Å²) < 4.78 is 20.1. The molecule has 1 amide bonds. The zero-order valence-electron chi connectivity index (χ0n) is 17.0. The van der Waals surface area contributed by atoms with Crippen LogP contribution in [-0.4, -0.2) is 42.0 Å². The minimum absolute atomic E-state index is 0.188. The number of H-pyrrole nitrogens is 1. The van der Waals surface area contributed by atoms with Crippen LogP contribution in [0, 0.1) is 5.82 Å². The van der Waals surface area contributed by atoms with Gasteiger partial charge in [-0.3, -0.25) is 9.69 Å². The summed E-state index contributed by atoms with van der Waals surface area (Å²) in [4.78, 5) is 18.2. The van der Waals surface area contributed by atoms with E-state index in [-0.39, 0.29) is 17.6 Å². The molecule has 0 bridgehead atoms. The lowest BCUT2D eigenvalue weighted by Gasteiger charge is -2.35. The summed E-state index contributed by atoms with van der Waals surface area (Å²) in [6.07, 6.45) is 4.03. The van der Waals surface area contributed by atoms with Crippen LogP contribution in [0.1, 0.15) is 31.2 Å². The van der Waals surface area contributed by atoms with Gasteiger partial charge >= 0.3 is 0 Å². The number of aromatic amines is 1. The molecule has 158 valence electrons. The quantitative estimate of drug-likeness (QED) is 0.529. The van der Waals surface area contributed by atoms with Crippen LogP contribution in [0.25, 0.3) is 10.9 Å². The van der Waals surface area contributed by atoms with Crippen molar-refractivity contribution in [3.05, 3.63) is 58.4 Å². The Morgan fingerprint density at radius 1 is 1.27 bits per heavy atom. The van der Waals surface area contributed by atoms with Gasteiger partial charge in [0.15, 0.2) is 0 Å². The smallest absolute Gasteiger partial charge is 0.241 e. The standard InChI is InChI=1S/C23H25BrFN3O2/c1-14(23(29)27-22-5-3-16(24)11-20(22)25)28-9-7-15(8-10-28)19-13-26-21-6-4-17(30-2)12-18(19)21/h3-6,11-15,26H,7-10H2,1-2H3,(H,27,29). The molecule has 0 saturated carbocycles. The minimum atomic E-state index is -0.446. The van der Waals surface area contributed by atoms with Crippen LogP contribution in [0.5, 0.6) is 5.75 Å². The van der Waals surface area contributed by atoms with Gasteiger partial charge in [0.25, 0.3) is 0 Å². The Bertz CT molecular complexity index is 1060. The first-order chi connectivity index (χ1) is 14.5. The molecule has 1 aliphatic heterocycles. The van der Waals surface area contributed by atoms with Gasteiger partial charge in [0, 0.05) is 21.6 Å². The molecule has 5 nitrogen and oxygen atoms in total. The molecular weight excluding hydrogens is 449 g/mol. The van der Waals surface area contributed by atoms with Gasteiger partial charge in [0.2, 0.25) is 5.91 Å². The molecule has 4 rings (SSSR count). The third-order valence-electron chi connectivity index (χ3n) is 6.01. The van der Waals surface area contributed by atoms with Gasteiger partial charge in [0.1, 0.15) is 11.6 Å². The molecule has 0 spiro atoms. The molecular formula is C23H25BrFN3O2. The number of amides is 1. The van der Waals surface area contributed by atoms with E-state index < -0.39 is 5.82 Å². The van der Waals surface area contributed by atoms with Gasteiger partial charge in [-0.05, 0) is 80.7 Å². The van der Waals surface area contributed by atoms with Gasteiger partial charge in [-0.25, -0.2) is 4.39 Å². The molecule has 1 aliphatic rings. The molecule has 1 aromatic heterocycles. The lowest BCUT2D eigenvalue weighted by atomic mass is 9.88. The number of carbonyl (C=O) groups excluding carboxylic acids is 1. The summed E-state index contributed by atoms with van der Waals surface area (Å²) in [5.74, 6) is 0.650. The summed E-state index contributed by atoms with van der Waals surface area (Å²) in [5.41, 5.74) is 2.62. The fourth-order valence-electron chi connectivity index (χ4n) is 4.18. The maximum Gasteiger partial charge on any atom is 0.241 e. The normalized spacial score (nSPS) is 16.5. The number of piperidine rings is 1. The Labute approximate surface area is 183 Å². The first-order valence-corrected chi connectivity index (χ1v) is 10.9. The van der Waals surface area contributed by atoms with E-state index in [0.717, 1.165) is 37.2 Å². The molecule has 1 saturated heterocycles. The van der Waals surface area contributed by atoms with Crippen molar-refractivity contribution in [3.63, 3.8) is 0 Å². The number of hydrogen-bond acceptors (Lipinski definition) is 3. The van der Waals surface area contributed by atoms with Crippen LogP contribution in [0.15, 0.2) is 47.1 Å². The molecule has 1 atom stereocenters. The highest BCUT2D eigenvalue weighted by atomic mass is 79.9. The SMILES string of the molecule is COc1ccc2[nH]cc(C3CCN(C(C)C(=O)Nc4ccc(Br)cc4F)CC3)c2c1. The van der Waals surface area contributed by atoms with E-state index in [1.807, 2.05) is 19.1 Å². The van der Waals surface area contributed by atoms with Crippen molar-refractivity contribution in [2.75, 3.05) is 25.5 Å². The van der Waals surface area contributed by atoms with E-state index in [0.29, 0.717) is 10.4 Å². The number of rotatable bonds is 5. The van der Waals surface area contributed by atoms with Crippen molar-refractivity contribution in [1.29, 1.82) is 0 Å². The predicted molar refractivity (Wildman–Crippen MR) is 121 cm³/mol. The molecule has 2 heterocycles. The number of ether oxygens (including phenoxy) is 1. The van der Waals surface area contributed by atoms with Crippen LogP contribution in [0.2, 0.25) is 0 Å². The first kappa shape index (κ1) is 20.9. The number of benzene rings is 2. The Morgan fingerprint density at radius 2 is 2.03 bits per heavy atom. The third-order valence-corrected chi connectivity index (χ3v) is 6.50. The predicted octanol–water partition coefficient (Wildman–Crippen LogP) is 5.28. The largest absolute Gasteiger partial charge is 0.497 e. The summed E-state index contributed by atoms with van der Waals surface area (Å²) in [6, 6.07) is 10.4. The molecule has 1 fully saturated rings. The molecule has 1 unspecified atom stereocenters. The van der Waals surface area contributed by atoms with Gasteiger partial charge in [-0.1, -0.05) is 15.9 Å². The summed E-state index contributed by atoms with van der Waals surface area (Å²) in [7, 11) is 1.68. The Morgan fingerprint density at radius 3 is 2.73 bits per heavy atom. The van der Waals surface area contributed by atoms with Crippen molar-refractivity contribution in [2.45, 2.75) is 31.7 Å². The van der Waals surface area contributed by atoms with Crippen LogP contribution >= 0.6 is 15.9 Å². The van der Waals surface area contributed by atoms with Crippen LogP contribution < -0.4 is 10.1 Å². The number of aromatic nitrogens is 1. The van der Waals surface area contributed by atoms with Crippen molar-refractivity contribution in [1.82, 2.24) is 9.88 Å². The average molecular weight is 474 g/mol. The number of nitrogens with zero attached hydrogens (tertiary/aromatic N) is 1. The van der Waals surface area contributed by atoms with Gasteiger partial charge < -0.3 is 15.0 Å². The molecule has 30 heavy (non-hydrogen) atoms. The third kappa shape index (κ3) is 4.23.